The molecule has 3 aromatic carbocycles. The molecule has 1 aliphatic heterocycles. The van der Waals surface area contributed by atoms with E-state index in [4.69, 9.17) is 9.47 Å². The number of halogens is 1. The van der Waals surface area contributed by atoms with Gasteiger partial charge in [-0.3, -0.25) is 19.7 Å². The summed E-state index contributed by atoms with van der Waals surface area (Å²) in [4.78, 5) is 51.1. The second kappa shape index (κ2) is 11.6. The second-order valence-corrected chi connectivity index (χ2v) is 8.73. The van der Waals surface area contributed by atoms with E-state index in [1.807, 2.05) is 32.0 Å². The third-order valence-corrected chi connectivity index (χ3v) is 5.79. The van der Waals surface area contributed by atoms with E-state index in [2.05, 4.69) is 10.6 Å². The van der Waals surface area contributed by atoms with Gasteiger partial charge < -0.3 is 14.8 Å². The second-order valence-electron chi connectivity index (χ2n) is 8.73. The largest absolute Gasteiger partial charge is 0.490 e. The number of benzene rings is 3. The van der Waals surface area contributed by atoms with E-state index in [0.717, 1.165) is 28.2 Å². The van der Waals surface area contributed by atoms with Crippen molar-refractivity contribution in [3.63, 3.8) is 0 Å². The highest BCUT2D eigenvalue weighted by Gasteiger charge is 2.36. The maximum Gasteiger partial charge on any atom is 0.335 e. The van der Waals surface area contributed by atoms with Crippen LogP contribution in [-0.4, -0.2) is 37.0 Å². The zero-order valence-corrected chi connectivity index (χ0v) is 21.5. The molecule has 0 radical (unpaired) electrons. The molecule has 4 rings (SSSR count). The fourth-order valence-electron chi connectivity index (χ4n) is 3.85. The average molecular weight is 532 g/mol. The number of barbiturate groups is 1. The summed E-state index contributed by atoms with van der Waals surface area (Å²) in [5.41, 5.74) is 2.84. The van der Waals surface area contributed by atoms with Gasteiger partial charge in [-0.15, -0.1) is 0 Å². The molecular weight excluding hydrogens is 505 g/mol. The first-order valence-corrected chi connectivity index (χ1v) is 12.1. The van der Waals surface area contributed by atoms with Gasteiger partial charge in [-0.1, -0.05) is 18.2 Å². The number of hydrogen-bond donors (Lipinski definition) is 2. The lowest BCUT2D eigenvalue weighted by Gasteiger charge is -2.26. The molecule has 2 N–H and O–H groups in total. The number of urea groups is 1. The van der Waals surface area contributed by atoms with Crippen LogP contribution in [0.25, 0.3) is 6.08 Å². The van der Waals surface area contributed by atoms with Crippen LogP contribution in [0.5, 0.6) is 11.5 Å². The average Bonchev–Trinajstić information content (AvgIpc) is 2.89. The highest BCUT2D eigenvalue weighted by Crippen LogP contribution is 2.30. The summed E-state index contributed by atoms with van der Waals surface area (Å²) in [6, 6.07) is 14.2. The van der Waals surface area contributed by atoms with Gasteiger partial charge in [0, 0.05) is 5.69 Å². The molecule has 1 saturated heterocycles. The Morgan fingerprint density at radius 3 is 2.44 bits per heavy atom. The van der Waals surface area contributed by atoms with E-state index in [1.165, 1.54) is 18.2 Å². The monoisotopic (exact) mass is 531 g/mol. The summed E-state index contributed by atoms with van der Waals surface area (Å²) in [5, 5.41) is 4.94. The number of rotatable bonds is 8. The van der Waals surface area contributed by atoms with Crippen molar-refractivity contribution >= 4 is 41.2 Å². The minimum absolute atomic E-state index is 0.107. The first kappa shape index (κ1) is 27.1. The number of ether oxygens (including phenoxy) is 2. The number of carbonyl (C=O) groups is 4. The first-order chi connectivity index (χ1) is 18.7. The Bertz CT molecular complexity index is 1480. The van der Waals surface area contributed by atoms with Gasteiger partial charge in [0.1, 0.15) is 11.4 Å². The van der Waals surface area contributed by atoms with Gasteiger partial charge in [0.25, 0.3) is 17.7 Å². The van der Waals surface area contributed by atoms with E-state index in [1.54, 1.807) is 25.1 Å². The molecule has 1 aliphatic rings. The smallest absolute Gasteiger partial charge is 0.335 e. The Morgan fingerprint density at radius 1 is 0.974 bits per heavy atom. The topological polar surface area (TPSA) is 114 Å². The summed E-state index contributed by atoms with van der Waals surface area (Å²) in [7, 11) is 0. The molecule has 0 saturated carbocycles. The minimum atomic E-state index is -0.938. The van der Waals surface area contributed by atoms with Gasteiger partial charge in [0.05, 0.1) is 12.3 Å². The summed E-state index contributed by atoms with van der Waals surface area (Å²) in [5.74, 6) is -2.04. The predicted molar refractivity (Wildman–Crippen MR) is 143 cm³/mol. The van der Waals surface area contributed by atoms with Gasteiger partial charge in [-0.2, -0.15) is 0 Å². The van der Waals surface area contributed by atoms with Crippen molar-refractivity contribution in [2.24, 2.45) is 0 Å². The zero-order valence-electron chi connectivity index (χ0n) is 21.5. The number of imide groups is 2. The lowest BCUT2D eigenvalue weighted by atomic mass is 10.1. The molecule has 0 aromatic heterocycles. The Morgan fingerprint density at radius 2 is 1.72 bits per heavy atom. The maximum absolute atomic E-state index is 13.3. The lowest BCUT2D eigenvalue weighted by molar-refractivity contribution is -0.122. The van der Waals surface area contributed by atoms with Crippen molar-refractivity contribution < 1.29 is 33.0 Å². The Hall–Kier alpha value is -4.99. The van der Waals surface area contributed by atoms with Crippen molar-refractivity contribution in [3.8, 4) is 11.5 Å². The number of nitrogens with zero attached hydrogens (tertiary/aromatic N) is 1. The van der Waals surface area contributed by atoms with Crippen LogP contribution in [0.3, 0.4) is 0 Å². The van der Waals surface area contributed by atoms with Gasteiger partial charge in [-0.25, -0.2) is 14.1 Å². The minimum Gasteiger partial charge on any atom is -0.490 e. The van der Waals surface area contributed by atoms with Crippen LogP contribution in [0.2, 0.25) is 0 Å². The first-order valence-electron chi connectivity index (χ1n) is 12.1. The molecular formula is C29H26FN3O6. The Labute approximate surface area is 224 Å². The van der Waals surface area contributed by atoms with Crippen LogP contribution in [0.15, 0.2) is 66.2 Å². The number of aryl methyl sites for hydroxylation is 2. The van der Waals surface area contributed by atoms with E-state index in [9.17, 15) is 23.6 Å². The summed E-state index contributed by atoms with van der Waals surface area (Å²) < 4.78 is 24.7. The van der Waals surface area contributed by atoms with Gasteiger partial charge in [0.15, 0.2) is 18.1 Å². The third-order valence-electron chi connectivity index (χ3n) is 5.79. The number of carbonyl (C=O) groups excluding carboxylic acids is 4. The zero-order chi connectivity index (χ0) is 28.1. The van der Waals surface area contributed by atoms with Crippen LogP contribution in [0.4, 0.5) is 20.6 Å². The van der Waals surface area contributed by atoms with Crippen molar-refractivity contribution in [1.29, 1.82) is 0 Å². The maximum atomic E-state index is 13.3. The quantitative estimate of drug-likeness (QED) is 0.326. The normalized spacial score (nSPS) is 14.3. The number of anilines is 2. The summed E-state index contributed by atoms with van der Waals surface area (Å²) >= 11 is 0. The molecule has 5 amide bonds. The third kappa shape index (κ3) is 6.30. The molecule has 9 nitrogen and oxygen atoms in total. The molecule has 0 bridgehead atoms. The molecule has 39 heavy (non-hydrogen) atoms. The van der Waals surface area contributed by atoms with Crippen LogP contribution in [0.1, 0.15) is 23.6 Å². The van der Waals surface area contributed by atoms with Gasteiger partial charge in [-0.05, 0) is 86.0 Å². The van der Waals surface area contributed by atoms with E-state index in [0.29, 0.717) is 17.0 Å². The standard InChI is InChI=1S/C29H26FN3O6/c1-4-38-25-15-19(7-12-24(25)39-16-26(34)31-23-13-17(2)5-6-18(23)3)14-22-27(35)32-29(37)33(28(22)36)21-10-8-20(30)9-11-21/h5-15H,4,16H2,1-3H3,(H,31,34)(H,32,35,37)/b22-14+. The van der Waals surface area contributed by atoms with Crippen molar-refractivity contribution in [2.45, 2.75) is 20.8 Å². The van der Waals surface area contributed by atoms with Crippen LogP contribution in [0, 0.1) is 19.7 Å². The Balaban J connectivity index is 1.53. The number of nitrogens with one attached hydrogen (secondary N) is 2. The number of hydrogen-bond acceptors (Lipinski definition) is 6. The van der Waals surface area contributed by atoms with Crippen molar-refractivity contribution in [3.05, 3.63) is 88.7 Å². The van der Waals surface area contributed by atoms with E-state index in [-0.39, 0.29) is 36.1 Å². The fraction of sp³-hybridized carbons (Fsp3) is 0.172. The number of amides is 5. The lowest BCUT2D eigenvalue weighted by Crippen LogP contribution is -2.54. The molecule has 0 spiro atoms. The van der Waals surface area contributed by atoms with Crippen LogP contribution in [-0.2, 0) is 14.4 Å². The molecule has 10 heteroatoms. The molecule has 0 unspecified atom stereocenters. The van der Waals surface area contributed by atoms with Crippen LogP contribution < -0.4 is 25.0 Å². The van der Waals surface area contributed by atoms with Gasteiger partial charge in [0.2, 0.25) is 0 Å². The highest BCUT2D eigenvalue weighted by molar-refractivity contribution is 6.39. The van der Waals surface area contributed by atoms with Gasteiger partial charge >= 0.3 is 6.03 Å². The molecule has 1 fully saturated rings. The molecule has 3 aromatic rings. The molecule has 0 atom stereocenters. The SMILES string of the molecule is CCOc1cc(/C=C2\C(=O)NC(=O)N(c3ccc(F)cc3)C2=O)ccc1OCC(=O)Nc1cc(C)ccc1C. The fourth-order valence-corrected chi connectivity index (χ4v) is 3.85. The summed E-state index contributed by atoms with van der Waals surface area (Å²) in [6.45, 7) is 5.61. The molecule has 0 aliphatic carbocycles. The van der Waals surface area contributed by atoms with Crippen LogP contribution >= 0.6 is 0 Å². The molecule has 200 valence electrons. The van der Waals surface area contributed by atoms with Crippen molar-refractivity contribution in [1.82, 2.24) is 5.32 Å². The van der Waals surface area contributed by atoms with Crippen molar-refractivity contribution in [2.75, 3.05) is 23.4 Å². The predicted octanol–water partition coefficient (Wildman–Crippen LogP) is 4.53. The summed E-state index contributed by atoms with van der Waals surface area (Å²) in [6.07, 6.45) is 1.31. The van der Waals surface area contributed by atoms with E-state index < -0.39 is 23.7 Å². The Kier molecular flexibility index (Phi) is 8.04. The van der Waals surface area contributed by atoms with E-state index >= 15 is 0 Å². The molecule has 1 heterocycles. The highest BCUT2D eigenvalue weighted by atomic mass is 19.1.